The number of benzene rings is 3. The second-order valence-electron chi connectivity index (χ2n) is 8.85. The molecule has 3 aromatic carbocycles. The minimum atomic E-state index is -4.42. The molecule has 0 aliphatic carbocycles. The van der Waals surface area contributed by atoms with E-state index in [9.17, 15) is 23.1 Å². The zero-order chi connectivity index (χ0) is 28.6. The molecule has 2 atom stereocenters. The van der Waals surface area contributed by atoms with Crippen molar-refractivity contribution in [2.45, 2.75) is 17.0 Å². The maximum absolute atomic E-state index is 13.8. The van der Waals surface area contributed by atoms with Crippen LogP contribution in [0.4, 0.5) is 5.69 Å². The first-order valence-electron chi connectivity index (χ1n) is 12.0. The summed E-state index contributed by atoms with van der Waals surface area (Å²) in [5.41, 5.74) is 0.525. The lowest BCUT2D eigenvalue weighted by molar-refractivity contribution is -0.144. The van der Waals surface area contributed by atoms with Crippen LogP contribution in [0.3, 0.4) is 0 Å². The van der Waals surface area contributed by atoms with Crippen LogP contribution >= 0.6 is 0 Å². The zero-order valence-corrected chi connectivity index (χ0v) is 22.6. The van der Waals surface area contributed by atoms with Gasteiger partial charge in [0.1, 0.15) is 6.04 Å². The molecular formula is C27H26N2O10S. The third kappa shape index (κ3) is 4.52. The highest BCUT2D eigenvalue weighted by atomic mass is 32.2. The largest absolute Gasteiger partial charge is 0.493 e. The van der Waals surface area contributed by atoms with Crippen LogP contribution < -0.4 is 28.6 Å². The fourth-order valence-electron chi connectivity index (χ4n) is 4.93. The van der Waals surface area contributed by atoms with E-state index in [0.29, 0.717) is 15.8 Å². The summed E-state index contributed by atoms with van der Waals surface area (Å²) >= 11 is 0. The van der Waals surface area contributed by atoms with Gasteiger partial charge in [-0.25, -0.2) is 8.42 Å². The van der Waals surface area contributed by atoms with Gasteiger partial charge in [0.2, 0.25) is 28.5 Å². The first-order chi connectivity index (χ1) is 19.2. The Balaban J connectivity index is 1.74. The molecule has 3 aromatic rings. The van der Waals surface area contributed by atoms with Crippen LogP contribution in [0.2, 0.25) is 0 Å². The Hall–Kier alpha value is -4.49. The second kappa shape index (κ2) is 10.6. The van der Waals surface area contributed by atoms with E-state index in [1.54, 1.807) is 24.3 Å². The number of ether oxygens (including phenoxy) is 5. The van der Waals surface area contributed by atoms with Crippen LogP contribution in [0.25, 0.3) is 0 Å². The maximum atomic E-state index is 13.8. The molecule has 40 heavy (non-hydrogen) atoms. The number of carboxylic acid groups (broad SMARTS) is 1. The number of methoxy groups -OCH3 is 3. The molecule has 210 valence electrons. The number of carboxylic acids is 1. The zero-order valence-electron chi connectivity index (χ0n) is 21.8. The third-order valence-corrected chi connectivity index (χ3v) is 8.55. The van der Waals surface area contributed by atoms with E-state index in [1.807, 2.05) is 0 Å². The van der Waals surface area contributed by atoms with E-state index >= 15 is 0 Å². The van der Waals surface area contributed by atoms with E-state index in [4.69, 9.17) is 23.7 Å². The quantitative estimate of drug-likeness (QED) is 0.430. The maximum Gasteiger partial charge on any atom is 0.324 e. The normalized spacial score (nSPS) is 18.9. The molecule has 2 aliphatic rings. The number of sulfonamides is 1. The highest BCUT2D eigenvalue weighted by Gasteiger charge is 2.51. The molecule has 0 spiro atoms. The van der Waals surface area contributed by atoms with Gasteiger partial charge in [-0.1, -0.05) is 18.2 Å². The van der Waals surface area contributed by atoms with Gasteiger partial charge in [-0.05, 0) is 42.0 Å². The smallest absolute Gasteiger partial charge is 0.324 e. The van der Waals surface area contributed by atoms with Crippen LogP contribution in [0.15, 0.2) is 65.6 Å². The lowest BCUT2D eigenvalue weighted by atomic mass is 9.93. The van der Waals surface area contributed by atoms with Gasteiger partial charge < -0.3 is 33.7 Å². The van der Waals surface area contributed by atoms with Gasteiger partial charge in [0, 0.05) is 11.8 Å². The van der Waals surface area contributed by atoms with E-state index < -0.39 is 40.5 Å². The molecule has 0 saturated carbocycles. The van der Waals surface area contributed by atoms with Crippen molar-refractivity contribution in [3.63, 3.8) is 0 Å². The number of hydrogen-bond acceptors (Lipinski definition) is 9. The van der Waals surface area contributed by atoms with Gasteiger partial charge in [0.05, 0.1) is 38.8 Å². The fourth-order valence-corrected chi connectivity index (χ4v) is 6.48. The van der Waals surface area contributed by atoms with Crippen molar-refractivity contribution in [2.24, 2.45) is 0 Å². The minimum Gasteiger partial charge on any atom is -0.493 e. The predicted octanol–water partition coefficient (Wildman–Crippen LogP) is 2.67. The molecule has 1 saturated heterocycles. The van der Waals surface area contributed by atoms with Crippen molar-refractivity contribution in [3.8, 4) is 28.7 Å². The predicted molar refractivity (Wildman–Crippen MR) is 141 cm³/mol. The van der Waals surface area contributed by atoms with Gasteiger partial charge in [-0.2, -0.15) is 4.31 Å². The van der Waals surface area contributed by atoms with Gasteiger partial charge in [-0.3, -0.25) is 9.59 Å². The van der Waals surface area contributed by atoms with E-state index in [-0.39, 0.29) is 40.2 Å². The number of amides is 1. The summed E-state index contributed by atoms with van der Waals surface area (Å²) in [7, 11) is -0.217. The van der Waals surface area contributed by atoms with Crippen molar-refractivity contribution in [3.05, 3.63) is 66.2 Å². The van der Waals surface area contributed by atoms with Gasteiger partial charge in [0.25, 0.3) is 0 Å². The van der Waals surface area contributed by atoms with Crippen molar-refractivity contribution >= 4 is 27.6 Å². The van der Waals surface area contributed by atoms with Gasteiger partial charge in [-0.15, -0.1) is 0 Å². The molecule has 5 rings (SSSR count). The topological polar surface area (TPSA) is 141 Å². The molecule has 2 heterocycles. The lowest BCUT2D eigenvalue weighted by Gasteiger charge is -2.44. The molecule has 1 N–H and O–H groups in total. The minimum absolute atomic E-state index is 0.0100. The van der Waals surface area contributed by atoms with Crippen LogP contribution in [-0.2, 0) is 19.6 Å². The van der Waals surface area contributed by atoms with E-state index in [1.165, 1.54) is 62.6 Å². The highest BCUT2D eigenvalue weighted by Crippen LogP contribution is 2.46. The summed E-state index contributed by atoms with van der Waals surface area (Å²) in [6, 6.07) is 12.0. The molecule has 1 fully saturated rings. The Morgan fingerprint density at radius 2 is 1.57 bits per heavy atom. The summed E-state index contributed by atoms with van der Waals surface area (Å²) in [6.07, 6.45) is 0. The highest BCUT2D eigenvalue weighted by molar-refractivity contribution is 7.89. The molecule has 12 nitrogen and oxygen atoms in total. The Morgan fingerprint density at radius 1 is 0.925 bits per heavy atom. The number of carbonyl (C=O) groups excluding carboxylic acids is 1. The summed E-state index contributed by atoms with van der Waals surface area (Å²) in [5.74, 6) is -0.665. The van der Waals surface area contributed by atoms with Gasteiger partial charge in [0.15, 0.2) is 23.0 Å². The average Bonchev–Trinajstić information content (AvgIpc) is 3.44. The number of fused-ring (bicyclic) bond motifs is 1. The van der Waals surface area contributed by atoms with Gasteiger partial charge >= 0.3 is 5.97 Å². The first kappa shape index (κ1) is 27.1. The van der Waals surface area contributed by atoms with Crippen LogP contribution in [-0.4, -0.2) is 70.4 Å². The molecule has 0 bridgehead atoms. The Labute approximate surface area is 230 Å². The monoisotopic (exact) mass is 570 g/mol. The Morgan fingerprint density at radius 3 is 2.17 bits per heavy atom. The molecule has 1 amide bonds. The van der Waals surface area contributed by atoms with Crippen molar-refractivity contribution in [2.75, 3.05) is 39.6 Å². The Kier molecular flexibility index (Phi) is 7.17. The first-order valence-corrected chi connectivity index (χ1v) is 13.5. The number of hydrogen-bond donors (Lipinski definition) is 1. The third-order valence-electron chi connectivity index (χ3n) is 6.71. The number of rotatable bonds is 8. The van der Waals surface area contributed by atoms with Crippen LogP contribution in [0.1, 0.15) is 11.6 Å². The lowest BCUT2D eigenvalue weighted by Crippen LogP contribution is -2.62. The van der Waals surface area contributed by atoms with E-state index in [2.05, 4.69) is 0 Å². The summed E-state index contributed by atoms with van der Waals surface area (Å²) in [4.78, 5) is 27.9. The summed E-state index contributed by atoms with van der Waals surface area (Å²) < 4.78 is 55.4. The molecule has 2 unspecified atom stereocenters. The summed E-state index contributed by atoms with van der Waals surface area (Å²) in [5, 5.41) is 10.5. The van der Waals surface area contributed by atoms with Crippen LogP contribution in [0.5, 0.6) is 28.7 Å². The SMILES string of the molecule is COc1cc(C2C(C(=O)O)N(S(=O)(=O)c3ccccc3)CC(=O)N2c2ccc3c(c2)OCO3)cc(OC)c1OC. The number of aliphatic carboxylic acids is 1. The number of piperazine rings is 1. The summed E-state index contributed by atoms with van der Waals surface area (Å²) in [6.45, 7) is -0.729. The molecule has 13 heteroatoms. The van der Waals surface area contributed by atoms with E-state index in [0.717, 1.165) is 0 Å². The Bertz CT molecular complexity index is 1540. The van der Waals surface area contributed by atoms with Crippen molar-refractivity contribution < 1.29 is 46.8 Å². The number of nitrogens with zero attached hydrogens (tertiary/aromatic N) is 2. The molecule has 0 radical (unpaired) electrons. The fraction of sp³-hybridized carbons (Fsp3) is 0.259. The average molecular weight is 571 g/mol. The molecule has 2 aliphatic heterocycles. The van der Waals surface area contributed by atoms with Crippen molar-refractivity contribution in [1.29, 1.82) is 0 Å². The molecule has 0 aromatic heterocycles. The molecular weight excluding hydrogens is 544 g/mol. The standard InChI is InChI=1S/C27H26N2O10S/c1-35-21-11-16(12-22(36-2)26(21)37-3)24-25(27(31)32)28(40(33,34)18-7-5-4-6-8-18)14-23(30)29(24)17-9-10-19-20(13-17)39-15-38-19/h4-13,24-25H,14-15H2,1-3H3,(H,31,32). The number of carbonyl (C=O) groups is 2. The van der Waals surface area contributed by atoms with Crippen LogP contribution in [0, 0.1) is 0 Å². The van der Waals surface area contributed by atoms with Crippen molar-refractivity contribution in [1.82, 2.24) is 4.31 Å². The number of anilines is 1. The second-order valence-corrected chi connectivity index (χ2v) is 10.7.